The second kappa shape index (κ2) is 15.7. The van der Waals surface area contributed by atoms with E-state index in [9.17, 15) is 0 Å². The Labute approximate surface area is 72.5 Å². The van der Waals surface area contributed by atoms with E-state index >= 15 is 0 Å². The Morgan fingerprint density at radius 1 is 1.30 bits per heavy atom. The number of nitrogens with two attached hydrogens (primary N) is 2. The fourth-order valence-electron chi connectivity index (χ4n) is 0. The summed E-state index contributed by atoms with van der Waals surface area (Å²) in [5, 5.41) is 15.9. The number of carboxylic acid groups (broad SMARTS) is 2. The molecule has 0 atom stereocenters. The number of primary amides is 2. The van der Waals surface area contributed by atoms with Crippen LogP contribution in [0.1, 0.15) is 0 Å². The third kappa shape index (κ3) is 488. The number of amides is 2. The third-order valence-electron chi connectivity index (χ3n) is 0. The predicted molar refractivity (Wildman–Crippen MR) is 26.8 cm³/mol. The van der Waals surface area contributed by atoms with Crippen molar-refractivity contribution in [3.05, 3.63) is 0 Å². The van der Waals surface area contributed by atoms with Crippen molar-refractivity contribution in [2.45, 2.75) is 0 Å². The quantitative estimate of drug-likeness (QED) is 0.365. The summed E-state index contributed by atoms with van der Waals surface area (Å²) < 4.78 is 0. The van der Waals surface area contributed by atoms with Crippen LogP contribution in [0.4, 0.5) is 9.59 Å². The van der Waals surface area contributed by atoms with Crippen molar-refractivity contribution in [1.29, 1.82) is 0 Å². The van der Waals surface area contributed by atoms with E-state index in [2.05, 4.69) is 11.5 Å². The molecule has 0 fully saturated rings. The molecule has 0 bridgehead atoms. The number of carbonyl (C=O) groups is 2. The van der Waals surface area contributed by atoms with Gasteiger partial charge in [0.15, 0.2) is 0 Å². The van der Waals surface area contributed by atoms with Crippen LogP contribution in [-0.4, -0.2) is 17.3 Å². The largest absolute Gasteiger partial charge is 1.00 e. The molecule has 0 aromatic heterocycles. The first-order valence-corrected chi connectivity index (χ1v) is 1.41. The van der Waals surface area contributed by atoms with Gasteiger partial charge in [0.05, 0.1) is 0 Å². The number of hydrogen-bond acceptors (Lipinski definition) is 4. The summed E-state index contributed by atoms with van der Waals surface area (Å²) in [4.78, 5) is 17.4. The van der Waals surface area contributed by atoms with Crippen molar-refractivity contribution in [3.8, 4) is 0 Å². The van der Waals surface area contributed by atoms with Gasteiger partial charge >= 0.3 is 28.5 Å². The fourth-order valence-corrected chi connectivity index (χ4v) is 0. The van der Waals surface area contributed by atoms with E-state index in [1.54, 1.807) is 0 Å². The number of hydrogen-bond donors (Lipinski definition) is 4. The van der Waals surface area contributed by atoms with E-state index in [-0.39, 0.29) is 28.5 Å². The SMILES string of the molecule is N.NC(=O)O.NC(=O)[O-].[Ag+]. The molecule has 0 aromatic rings. The summed E-state index contributed by atoms with van der Waals surface area (Å²) in [6.45, 7) is 0. The molecule has 0 unspecified atom stereocenters. The van der Waals surface area contributed by atoms with Gasteiger partial charge in [0.1, 0.15) is 6.09 Å². The van der Waals surface area contributed by atoms with Crippen molar-refractivity contribution in [1.82, 2.24) is 6.15 Å². The molecule has 10 heavy (non-hydrogen) atoms. The van der Waals surface area contributed by atoms with Crippen LogP contribution >= 0.6 is 0 Å². The Bertz CT molecular complexity index is 76.5. The maximum absolute atomic E-state index is 8.78. The van der Waals surface area contributed by atoms with Gasteiger partial charge in [-0.25, -0.2) is 4.79 Å². The van der Waals surface area contributed by atoms with Gasteiger partial charge in [0, 0.05) is 0 Å². The summed E-state index contributed by atoms with van der Waals surface area (Å²) in [6, 6.07) is 0. The average Bonchev–Trinajstić information content (AvgIpc) is 1.25. The molecule has 0 aliphatic rings. The second-order valence-corrected chi connectivity index (χ2v) is 0.657. The smallest absolute Gasteiger partial charge is 0.530 e. The Kier molecular flexibility index (Phi) is 35.9. The van der Waals surface area contributed by atoms with Crippen molar-refractivity contribution in [2.24, 2.45) is 11.5 Å². The summed E-state index contributed by atoms with van der Waals surface area (Å²) in [5.41, 5.74) is 7.94. The first-order valence-electron chi connectivity index (χ1n) is 1.41. The Morgan fingerprint density at radius 2 is 1.30 bits per heavy atom. The van der Waals surface area contributed by atoms with Crippen molar-refractivity contribution >= 4 is 12.2 Å². The standard InChI is InChI=1S/2CH3NO2.Ag.H3N/c2*2-1(3)4;;/h2*2H2,(H,3,4);;1H3/q;;+1;/p-1. The zero-order valence-corrected chi connectivity index (χ0v) is 6.32. The van der Waals surface area contributed by atoms with Crippen LogP contribution in [0.5, 0.6) is 0 Å². The maximum atomic E-state index is 8.78. The molecule has 8 N–H and O–H groups in total. The topological polar surface area (TPSA) is 164 Å². The first kappa shape index (κ1) is 22.8. The van der Waals surface area contributed by atoms with Crippen LogP contribution < -0.4 is 22.7 Å². The van der Waals surface area contributed by atoms with Crippen LogP contribution in [0.2, 0.25) is 0 Å². The van der Waals surface area contributed by atoms with Crippen LogP contribution in [-0.2, 0) is 22.4 Å². The monoisotopic (exact) mass is 245 g/mol. The van der Waals surface area contributed by atoms with E-state index in [4.69, 9.17) is 19.8 Å². The van der Waals surface area contributed by atoms with Crippen molar-refractivity contribution in [3.63, 3.8) is 0 Å². The van der Waals surface area contributed by atoms with Crippen LogP contribution in [0.25, 0.3) is 0 Å². The zero-order valence-electron chi connectivity index (χ0n) is 4.84. The fraction of sp³-hybridized carbons (Fsp3) is 0. The zero-order chi connectivity index (χ0) is 7.15. The van der Waals surface area contributed by atoms with E-state index in [1.165, 1.54) is 0 Å². The molecule has 0 saturated carbocycles. The van der Waals surface area contributed by atoms with Gasteiger partial charge in [-0.15, -0.1) is 0 Å². The van der Waals surface area contributed by atoms with Crippen LogP contribution in [0.3, 0.4) is 0 Å². The van der Waals surface area contributed by atoms with Gasteiger partial charge in [-0.05, 0) is 0 Å². The van der Waals surface area contributed by atoms with E-state index in [1.807, 2.05) is 0 Å². The average molecular weight is 246 g/mol. The summed E-state index contributed by atoms with van der Waals surface area (Å²) in [6.07, 6.45) is -2.92. The normalized spacial score (nSPS) is 4.80. The number of carbonyl (C=O) groups excluding carboxylic acids is 1. The Hall–Kier alpha value is -0.760. The van der Waals surface area contributed by atoms with E-state index in [0.29, 0.717) is 0 Å². The molecular weight excluding hydrogens is 238 g/mol. The summed E-state index contributed by atoms with van der Waals surface area (Å²) in [7, 11) is 0. The molecular formula is C2H8AgN3O4. The molecule has 2 amide bonds. The predicted octanol–water partition coefficient (Wildman–Crippen LogP) is -1.93. The van der Waals surface area contributed by atoms with Gasteiger partial charge in [-0.2, -0.15) is 0 Å². The molecule has 0 spiro atoms. The minimum atomic E-state index is -1.58. The molecule has 0 radical (unpaired) electrons. The maximum Gasteiger partial charge on any atom is 1.00 e. The molecule has 8 heteroatoms. The van der Waals surface area contributed by atoms with Crippen LogP contribution in [0, 0.1) is 0 Å². The molecule has 0 aliphatic carbocycles. The molecule has 0 heterocycles. The first-order chi connectivity index (χ1) is 3.46. The molecule has 7 nitrogen and oxygen atoms in total. The molecule has 0 rings (SSSR count). The minimum Gasteiger partial charge on any atom is -0.530 e. The van der Waals surface area contributed by atoms with Gasteiger partial charge in [0.2, 0.25) is 0 Å². The Morgan fingerprint density at radius 3 is 1.30 bits per heavy atom. The van der Waals surface area contributed by atoms with Crippen molar-refractivity contribution in [2.75, 3.05) is 0 Å². The van der Waals surface area contributed by atoms with Gasteiger partial charge in [-0.1, -0.05) is 0 Å². The third-order valence-corrected chi connectivity index (χ3v) is 0. The summed E-state index contributed by atoms with van der Waals surface area (Å²) >= 11 is 0. The van der Waals surface area contributed by atoms with Crippen molar-refractivity contribution < 1.29 is 42.2 Å². The van der Waals surface area contributed by atoms with E-state index in [0.717, 1.165) is 0 Å². The van der Waals surface area contributed by atoms with Gasteiger partial charge in [-0.3, -0.25) is 0 Å². The van der Waals surface area contributed by atoms with Crippen LogP contribution in [0.15, 0.2) is 0 Å². The second-order valence-electron chi connectivity index (χ2n) is 0.657. The Balaban J connectivity index is -0.0000000300. The van der Waals surface area contributed by atoms with E-state index < -0.39 is 12.2 Å². The number of rotatable bonds is 0. The molecule has 0 saturated heterocycles. The minimum absolute atomic E-state index is 0. The molecule has 66 valence electrons. The van der Waals surface area contributed by atoms with Gasteiger partial charge < -0.3 is 32.6 Å². The van der Waals surface area contributed by atoms with Gasteiger partial charge in [0.25, 0.3) is 0 Å². The molecule has 0 aliphatic heterocycles. The summed E-state index contributed by atoms with van der Waals surface area (Å²) in [5.74, 6) is 0. The molecule has 0 aromatic carbocycles.